The van der Waals surface area contributed by atoms with Gasteiger partial charge in [0.2, 0.25) is 10.0 Å². The first-order valence-electron chi connectivity index (χ1n) is 4.70. The molecule has 0 aliphatic carbocycles. The van der Waals surface area contributed by atoms with E-state index in [1.54, 1.807) is 4.72 Å². The predicted molar refractivity (Wildman–Crippen MR) is 57.7 cm³/mol. The Balaban J connectivity index is 0.00000361. The molecular formula is C6H10N3NaO8S2. The van der Waals surface area contributed by atoms with Crippen LogP contribution in [-0.4, -0.2) is 67.1 Å². The molecule has 0 aromatic heterocycles. The third-order valence-electron chi connectivity index (χ3n) is 2.20. The van der Waals surface area contributed by atoms with Crippen LogP contribution in [0.15, 0.2) is 0 Å². The number of nitrogens with zero attached hydrogens (tertiary/aromatic N) is 1. The quantitative estimate of drug-likeness (QED) is 0.240. The molecule has 1 amide bonds. The molecule has 11 nitrogen and oxygen atoms in total. The summed E-state index contributed by atoms with van der Waals surface area (Å²) in [4.78, 5) is 21.6. The van der Waals surface area contributed by atoms with Gasteiger partial charge in [-0.05, 0) is 0 Å². The van der Waals surface area contributed by atoms with Crippen molar-refractivity contribution in [3.05, 3.63) is 0 Å². The van der Waals surface area contributed by atoms with E-state index in [1.165, 1.54) is 0 Å². The third-order valence-corrected chi connectivity index (χ3v) is 4.51. The minimum Gasteiger partial charge on any atom is -0.731 e. The number of aliphatic carboxylic acids is 1. The van der Waals surface area contributed by atoms with Gasteiger partial charge in [-0.25, -0.2) is 25.9 Å². The van der Waals surface area contributed by atoms with Gasteiger partial charge in [0.15, 0.2) is 10.3 Å². The van der Waals surface area contributed by atoms with Crippen molar-refractivity contribution in [3.8, 4) is 0 Å². The van der Waals surface area contributed by atoms with E-state index in [-0.39, 0.29) is 33.9 Å². The number of hydrogen-bond acceptors (Lipinski definition) is 8. The molecule has 0 bridgehead atoms. The van der Waals surface area contributed by atoms with E-state index >= 15 is 0 Å². The first kappa shape index (κ1) is 19.7. The zero-order chi connectivity index (χ0) is 15.0. The molecule has 4 N–H and O–H groups in total. The van der Waals surface area contributed by atoms with Gasteiger partial charge in [-0.3, -0.25) is 9.59 Å². The number of carbonyl (C=O) groups excluding carboxylic acids is 1. The summed E-state index contributed by atoms with van der Waals surface area (Å²) in [6.07, 6.45) is 0. The van der Waals surface area contributed by atoms with Gasteiger partial charge < -0.3 is 15.4 Å². The molecule has 1 fully saturated rings. The van der Waals surface area contributed by atoms with Crippen LogP contribution in [0.2, 0.25) is 0 Å². The Bertz CT molecular complexity index is 602. The summed E-state index contributed by atoms with van der Waals surface area (Å²) in [6, 6.07) is -3.10. The van der Waals surface area contributed by atoms with Crippen molar-refractivity contribution in [2.45, 2.75) is 12.1 Å². The van der Waals surface area contributed by atoms with E-state index in [2.05, 4.69) is 0 Å². The zero-order valence-corrected chi connectivity index (χ0v) is 13.8. The first-order valence-corrected chi connectivity index (χ1v) is 7.71. The summed E-state index contributed by atoms with van der Waals surface area (Å²) >= 11 is 0. The van der Waals surface area contributed by atoms with Crippen LogP contribution in [-0.2, 0) is 29.9 Å². The third kappa shape index (κ3) is 4.92. The Hall–Kier alpha value is -0.280. The molecule has 0 radical (unpaired) electrons. The summed E-state index contributed by atoms with van der Waals surface area (Å²) in [7, 11) is -9.15. The van der Waals surface area contributed by atoms with Gasteiger partial charge in [0.1, 0.15) is 12.1 Å². The zero-order valence-electron chi connectivity index (χ0n) is 10.2. The monoisotopic (exact) mass is 339 g/mol. The summed E-state index contributed by atoms with van der Waals surface area (Å²) in [5, 5.41) is 8.44. The van der Waals surface area contributed by atoms with E-state index in [1.807, 2.05) is 0 Å². The largest absolute Gasteiger partial charge is 1.00 e. The molecule has 20 heavy (non-hydrogen) atoms. The van der Waals surface area contributed by atoms with Crippen molar-refractivity contribution in [1.29, 1.82) is 0 Å². The standard InChI is InChI=1S/C6H11N3O8S2.Na/c7-3(6(11)12)2-18(13,14)8-4-1-9(5(4)10)19(15,16)17;/h3-4,8H,1-2,7H2,(H,11,12)(H,15,16,17);/q;+1/p-1. The molecule has 0 saturated carbocycles. The maximum atomic E-state index is 11.4. The average molecular weight is 339 g/mol. The summed E-state index contributed by atoms with van der Waals surface area (Å²) in [5.41, 5.74) is 5.01. The molecule has 110 valence electrons. The van der Waals surface area contributed by atoms with Gasteiger partial charge in [-0.2, -0.15) is 0 Å². The Morgan fingerprint density at radius 3 is 2.35 bits per heavy atom. The number of carbonyl (C=O) groups is 2. The fourth-order valence-electron chi connectivity index (χ4n) is 1.26. The number of carboxylic acid groups (broad SMARTS) is 1. The molecule has 2 atom stereocenters. The molecule has 0 aromatic carbocycles. The van der Waals surface area contributed by atoms with E-state index in [0.717, 1.165) is 0 Å². The molecule has 0 spiro atoms. The van der Waals surface area contributed by atoms with Crippen molar-refractivity contribution in [3.63, 3.8) is 0 Å². The summed E-state index contributed by atoms with van der Waals surface area (Å²) in [6.45, 7) is -0.633. The molecule has 14 heteroatoms. The second-order valence-electron chi connectivity index (χ2n) is 3.72. The summed E-state index contributed by atoms with van der Waals surface area (Å²) < 4.78 is 55.9. The molecule has 1 aliphatic heterocycles. The number of amides is 1. The Morgan fingerprint density at radius 1 is 1.50 bits per heavy atom. The Morgan fingerprint density at radius 2 is 2.00 bits per heavy atom. The Kier molecular flexibility index (Phi) is 6.56. The molecular weight excluding hydrogens is 329 g/mol. The van der Waals surface area contributed by atoms with Crippen LogP contribution in [0.25, 0.3) is 0 Å². The average Bonchev–Trinajstić information content (AvgIpc) is 2.20. The normalized spacial score (nSPS) is 20.8. The van der Waals surface area contributed by atoms with Crippen LogP contribution < -0.4 is 40.0 Å². The van der Waals surface area contributed by atoms with Crippen LogP contribution in [0.5, 0.6) is 0 Å². The van der Waals surface area contributed by atoms with Crippen molar-refractivity contribution in [2.75, 3.05) is 12.3 Å². The Labute approximate surface area is 136 Å². The minimum atomic E-state index is -4.96. The van der Waals surface area contributed by atoms with Gasteiger partial charge in [0.25, 0.3) is 5.91 Å². The number of β-lactam (4-membered cyclic amide) rings is 1. The fraction of sp³-hybridized carbons (Fsp3) is 0.667. The van der Waals surface area contributed by atoms with Crippen LogP contribution >= 0.6 is 0 Å². The van der Waals surface area contributed by atoms with Gasteiger partial charge >= 0.3 is 35.5 Å². The van der Waals surface area contributed by atoms with Crippen molar-refractivity contribution < 1.29 is 65.6 Å². The van der Waals surface area contributed by atoms with E-state index in [9.17, 15) is 31.0 Å². The minimum absolute atomic E-state index is 0. The second kappa shape index (κ2) is 6.65. The van der Waals surface area contributed by atoms with E-state index in [0.29, 0.717) is 0 Å². The molecule has 0 aromatic rings. The van der Waals surface area contributed by atoms with Crippen LogP contribution in [0.4, 0.5) is 0 Å². The number of nitrogens with two attached hydrogens (primary N) is 1. The van der Waals surface area contributed by atoms with Gasteiger partial charge in [0.05, 0.1) is 12.3 Å². The van der Waals surface area contributed by atoms with Gasteiger partial charge in [-0.1, -0.05) is 0 Å². The predicted octanol–water partition coefficient (Wildman–Crippen LogP) is -7.01. The molecule has 1 heterocycles. The number of carboxylic acids is 1. The van der Waals surface area contributed by atoms with E-state index in [4.69, 9.17) is 10.8 Å². The molecule has 1 saturated heterocycles. The SMILES string of the molecule is NC(CS(=O)(=O)NC1CN(S(=O)(=O)[O-])C1=O)C(=O)O.[Na+]. The number of sulfonamides is 1. The van der Waals surface area contributed by atoms with Crippen molar-refractivity contribution in [1.82, 2.24) is 9.03 Å². The van der Waals surface area contributed by atoms with Crippen LogP contribution in [0, 0.1) is 0 Å². The number of rotatable bonds is 6. The van der Waals surface area contributed by atoms with Crippen molar-refractivity contribution >= 4 is 32.2 Å². The topological polar surface area (TPSA) is 187 Å². The smallest absolute Gasteiger partial charge is 0.731 e. The molecule has 2 unspecified atom stereocenters. The first-order chi connectivity index (χ1) is 8.44. The van der Waals surface area contributed by atoms with Gasteiger partial charge in [0, 0.05) is 0 Å². The number of nitrogens with one attached hydrogen (secondary N) is 1. The summed E-state index contributed by atoms with van der Waals surface area (Å²) in [5.74, 6) is -3.74. The number of hydrogen-bond donors (Lipinski definition) is 3. The fourth-order valence-corrected chi connectivity index (χ4v) is 3.26. The molecule has 1 rings (SSSR count). The maximum Gasteiger partial charge on any atom is 1.00 e. The second-order valence-corrected chi connectivity index (χ2v) is 6.82. The van der Waals surface area contributed by atoms with Gasteiger partial charge in [-0.15, -0.1) is 0 Å². The maximum absolute atomic E-state index is 11.4. The van der Waals surface area contributed by atoms with Crippen LogP contribution in [0.3, 0.4) is 0 Å². The van der Waals surface area contributed by atoms with Crippen molar-refractivity contribution in [2.24, 2.45) is 5.73 Å². The van der Waals surface area contributed by atoms with Crippen LogP contribution in [0.1, 0.15) is 0 Å². The van der Waals surface area contributed by atoms with E-state index < -0.39 is 56.6 Å². The molecule has 1 aliphatic rings.